The Balaban J connectivity index is 3.99. The summed E-state index contributed by atoms with van der Waals surface area (Å²) in [4.78, 5) is 37.6. The van der Waals surface area contributed by atoms with Gasteiger partial charge in [-0.25, -0.2) is 0 Å². The third-order valence-corrected chi connectivity index (χ3v) is 17.6. The van der Waals surface area contributed by atoms with Crippen LogP contribution >= 0.6 is 0 Å². The van der Waals surface area contributed by atoms with Gasteiger partial charge in [0, 0.05) is 12.8 Å². The van der Waals surface area contributed by atoms with Gasteiger partial charge in [0.15, 0.2) is 12.4 Å². The Bertz CT molecular complexity index is 1600. The second-order valence-electron chi connectivity index (χ2n) is 27.6. The quantitative estimate of drug-likeness (QED) is 0.0195. The molecule has 0 N–H and O–H groups in total. The first-order valence-electron chi connectivity index (χ1n) is 38.8. The van der Waals surface area contributed by atoms with Crippen LogP contribution in [-0.2, 0) is 33.3 Å². The monoisotopic (exact) mass is 1250 g/mol. The number of carboxylic acid groups (broad SMARTS) is 1. The maximum absolute atomic E-state index is 13.0. The van der Waals surface area contributed by atoms with Gasteiger partial charge in [-0.3, -0.25) is 9.59 Å². The summed E-state index contributed by atoms with van der Waals surface area (Å²) in [7, 11) is 5.95. The molecule has 2 atom stereocenters. The molecule has 0 saturated carbocycles. The van der Waals surface area contributed by atoms with Crippen LogP contribution in [0.25, 0.3) is 0 Å². The lowest BCUT2D eigenvalue weighted by Crippen LogP contribution is -2.44. The molecular weight excluding hydrogens is 1100 g/mol. The van der Waals surface area contributed by atoms with Crippen molar-refractivity contribution in [2.24, 2.45) is 0 Å². The molecule has 9 nitrogen and oxygen atoms in total. The number of carboxylic acids is 1. The van der Waals surface area contributed by atoms with Crippen molar-refractivity contribution >= 4 is 17.9 Å². The van der Waals surface area contributed by atoms with Crippen LogP contribution in [-0.4, -0.2) is 82.3 Å². The SMILES string of the molecule is CC/C=C\C/C=C\C/C=C\C/C=C\CCCCCCCCCCCCCCCCCCCCC(=O)OC(COC(=O)CCCCCCCCCCCCCCCCCCCCCCCCCCCCCCCCCCC)COC(OCC[N+](C)(C)C)C(=O)[O-]. The van der Waals surface area contributed by atoms with Gasteiger partial charge in [0.2, 0.25) is 0 Å². The fourth-order valence-electron chi connectivity index (χ4n) is 11.7. The largest absolute Gasteiger partial charge is 0.545 e. The Morgan fingerprint density at radius 1 is 0.348 bits per heavy atom. The van der Waals surface area contributed by atoms with Crippen molar-refractivity contribution in [1.82, 2.24) is 0 Å². The summed E-state index contributed by atoms with van der Waals surface area (Å²) in [5, 5.41) is 11.8. The Kier molecular flexibility index (Phi) is 68.9. The van der Waals surface area contributed by atoms with Crippen molar-refractivity contribution in [1.29, 1.82) is 0 Å². The molecule has 0 aromatic heterocycles. The molecule has 0 saturated heterocycles. The summed E-state index contributed by atoms with van der Waals surface area (Å²) in [5.41, 5.74) is 0. The van der Waals surface area contributed by atoms with Gasteiger partial charge in [0.05, 0.1) is 40.3 Å². The van der Waals surface area contributed by atoms with E-state index in [-0.39, 0.29) is 32.2 Å². The van der Waals surface area contributed by atoms with E-state index in [1.807, 2.05) is 21.1 Å². The molecule has 0 rings (SSSR count). The Morgan fingerprint density at radius 2 is 0.640 bits per heavy atom. The van der Waals surface area contributed by atoms with Crippen molar-refractivity contribution in [3.05, 3.63) is 48.6 Å². The smallest absolute Gasteiger partial charge is 0.306 e. The molecule has 89 heavy (non-hydrogen) atoms. The maximum atomic E-state index is 13.0. The number of hydrogen-bond acceptors (Lipinski definition) is 8. The number of quaternary nitrogens is 1. The van der Waals surface area contributed by atoms with E-state index < -0.39 is 24.3 Å². The first-order valence-corrected chi connectivity index (χ1v) is 38.8. The summed E-state index contributed by atoms with van der Waals surface area (Å²) in [5.74, 6) is -2.25. The third kappa shape index (κ3) is 72.5. The van der Waals surface area contributed by atoms with Gasteiger partial charge in [-0.2, -0.15) is 0 Å². The van der Waals surface area contributed by atoms with Crippen molar-refractivity contribution in [3.8, 4) is 0 Å². The molecule has 9 heteroatoms. The number of ether oxygens (including phenoxy) is 4. The molecule has 0 heterocycles. The lowest BCUT2D eigenvalue weighted by atomic mass is 10.0. The highest BCUT2D eigenvalue weighted by molar-refractivity contribution is 5.70. The van der Waals surface area contributed by atoms with Gasteiger partial charge >= 0.3 is 11.9 Å². The Labute approximate surface area is 553 Å². The fourth-order valence-corrected chi connectivity index (χ4v) is 11.7. The summed E-state index contributed by atoms with van der Waals surface area (Å²) in [6.07, 6.45) is 89.5. The lowest BCUT2D eigenvalue weighted by molar-refractivity contribution is -0.870. The van der Waals surface area contributed by atoms with Crippen molar-refractivity contribution in [2.45, 2.75) is 399 Å². The fraction of sp³-hybridized carbons (Fsp3) is 0.863. The van der Waals surface area contributed by atoms with Crippen LogP contribution < -0.4 is 5.11 Å². The first-order chi connectivity index (χ1) is 43.6. The molecule has 0 fully saturated rings. The number of hydrogen-bond donors (Lipinski definition) is 0. The van der Waals surface area contributed by atoms with Crippen molar-refractivity contribution in [3.63, 3.8) is 0 Å². The van der Waals surface area contributed by atoms with E-state index in [0.717, 1.165) is 57.8 Å². The van der Waals surface area contributed by atoms with Gasteiger partial charge < -0.3 is 33.3 Å². The van der Waals surface area contributed by atoms with E-state index >= 15 is 0 Å². The number of nitrogens with zero attached hydrogens (tertiary/aromatic N) is 1. The first kappa shape index (κ1) is 86.2. The number of unbranched alkanes of at least 4 members (excludes halogenated alkanes) is 50. The van der Waals surface area contributed by atoms with Crippen LogP contribution in [0.15, 0.2) is 48.6 Å². The average molecular weight is 1250 g/mol. The van der Waals surface area contributed by atoms with E-state index in [4.69, 9.17) is 18.9 Å². The minimum absolute atomic E-state index is 0.150. The molecule has 0 aliphatic rings. The van der Waals surface area contributed by atoms with Crippen molar-refractivity contribution < 1.29 is 42.9 Å². The minimum atomic E-state index is -1.62. The van der Waals surface area contributed by atoms with E-state index in [1.165, 1.54) is 295 Å². The zero-order valence-electron chi connectivity index (χ0n) is 59.8. The molecule has 2 unspecified atom stereocenters. The highest BCUT2D eigenvalue weighted by Gasteiger charge is 2.22. The van der Waals surface area contributed by atoms with Gasteiger partial charge in [-0.15, -0.1) is 0 Å². The molecule has 0 amide bonds. The number of aliphatic carboxylic acids is 1. The van der Waals surface area contributed by atoms with Gasteiger partial charge in [-0.1, -0.05) is 371 Å². The maximum Gasteiger partial charge on any atom is 0.306 e. The van der Waals surface area contributed by atoms with Crippen molar-refractivity contribution in [2.75, 3.05) is 47.5 Å². The van der Waals surface area contributed by atoms with Crippen LogP contribution in [0, 0.1) is 0 Å². The van der Waals surface area contributed by atoms with Crippen LogP contribution in [0.1, 0.15) is 386 Å². The number of likely N-dealkylation sites (N-methyl/N-ethyl adjacent to an activating group) is 1. The second kappa shape index (κ2) is 71.1. The molecule has 0 spiro atoms. The summed E-state index contributed by atoms with van der Waals surface area (Å²) < 4.78 is 22.9. The predicted molar refractivity (Wildman–Crippen MR) is 380 cm³/mol. The normalized spacial score (nSPS) is 12.9. The van der Waals surface area contributed by atoms with Crippen LogP contribution in [0.5, 0.6) is 0 Å². The summed E-state index contributed by atoms with van der Waals surface area (Å²) in [6, 6.07) is 0. The third-order valence-electron chi connectivity index (χ3n) is 17.6. The topological polar surface area (TPSA) is 111 Å². The predicted octanol–water partition coefficient (Wildman–Crippen LogP) is 23.1. The van der Waals surface area contributed by atoms with E-state index in [0.29, 0.717) is 23.9 Å². The standard InChI is InChI=1S/C80H149NO8/c1-6-8-10-12-14-16-18-20-22-24-26-28-30-32-34-36-38-39-41-42-44-46-48-50-52-54-56-58-60-62-64-66-68-70-77(82)87-74-76(75-88-80(79(84)85)86-73-72-81(3,4)5)89-78(83)71-69-67-65-63-61-59-57-55-53-51-49-47-45-43-40-37-35-33-31-29-27-25-23-21-19-17-15-13-11-9-7-2/h9,11,15,17,21,23,27,29,76,80H,6-8,10,12-14,16,18-20,22,24-26,28,30-75H2,1-5H3/b11-9-,17-15-,23-21-,29-27-. The lowest BCUT2D eigenvalue weighted by Gasteiger charge is -2.26. The van der Waals surface area contributed by atoms with Crippen LogP contribution in [0.3, 0.4) is 0 Å². The molecule has 0 bridgehead atoms. The summed E-state index contributed by atoms with van der Waals surface area (Å²) >= 11 is 0. The van der Waals surface area contributed by atoms with Gasteiger partial charge in [0.25, 0.3) is 0 Å². The summed E-state index contributed by atoms with van der Waals surface area (Å²) in [6.45, 7) is 4.71. The molecular formula is C80H149NO8. The van der Waals surface area contributed by atoms with E-state index in [9.17, 15) is 19.5 Å². The molecule has 522 valence electrons. The van der Waals surface area contributed by atoms with Crippen LogP contribution in [0.4, 0.5) is 0 Å². The Hall–Kier alpha value is -2.75. The number of carbonyl (C=O) groups is 3. The zero-order chi connectivity index (χ0) is 64.7. The minimum Gasteiger partial charge on any atom is -0.545 e. The molecule has 0 aliphatic carbocycles. The molecule has 0 radical (unpaired) electrons. The zero-order valence-corrected chi connectivity index (χ0v) is 59.8. The highest BCUT2D eigenvalue weighted by atomic mass is 16.7. The molecule has 0 aromatic rings. The molecule has 0 aromatic carbocycles. The van der Waals surface area contributed by atoms with Gasteiger partial charge in [-0.05, 0) is 51.4 Å². The Morgan fingerprint density at radius 3 is 0.955 bits per heavy atom. The van der Waals surface area contributed by atoms with Gasteiger partial charge in [0.1, 0.15) is 13.2 Å². The van der Waals surface area contributed by atoms with E-state index in [1.54, 1.807) is 0 Å². The average Bonchev–Trinajstić information content (AvgIpc) is 3.64. The second-order valence-corrected chi connectivity index (χ2v) is 27.6. The number of carbonyl (C=O) groups excluding carboxylic acids is 3. The van der Waals surface area contributed by atoms with Crippen LogP contribution in [0.2, 0.25) is 0 Å². The number of esters is 2. The van der Waals surface area contributed by atoms with E-state index in [2.05, 4.69) is 62.5 Å². The highest BCUT2D eigenvalue weighted by Crippen LogP contribution is 2.20. The number of allylic oxidation sites excluding steroid dienone is 8. The molecule has 0 aliphatic heterocycles. The number of rotatable bonds is 73.